The SMILES string of the molecule is NC[C@H](NC(=O)c1ccc(C#CC#Cc2ccc(CO)cc2)cc1)C(=O)CO. The zero-order valence-corrected chi connectivity index (χ0v) is 15.1. The molecular formula is C22H20N2O4. The number of carbonyl (C=O) groups is 2. The van der Waals surface area contributed by atoms with Crippen LogP contribution in [0.5, 0.6) is 0 Å². The highest BCUT2D eigenvalue weighted by Crippen LogP contribution is 2.04. The highest BCUT2D eigenvalue weighted by atomic mass is 16.3. The van der Waals surface area contributed by atoms with E-state index in [1.165, 1.54) is 0 Å². The smallest absolute Gasteiger partial charge is 0.251 e. The molecule has 0 aliphatic carbocycles. The molecule has 1 amide bonds. The van der Waals surface area contributed by atoms with Crippen LogP contribution in [-0.2, 0) is 11.4 Å². The van der Waals surface area contributed by atoms with Gasteiger partial charge < -0.3 is 21.3 Å². The van der Waals surface area contributed by atoms with Crippen LogP contribution in [0.3, 0.4) is 0 Å². The summed E-state index contributed by atoms with van der Waals surface area (Å²) in [5.41, 5.74) is 8.09. The lowest BCUT2D eigenvalue weighted by molar-refractivity contribution is -0.123. The number of hydrogen-bond acceptors (Lipinski definition) is 5. The lowest BCUT2D eigenvalue weighted by Crippen LogP contribution is -2.46. The van der Waals surface area contributed by atoms with Crippen molar-refractivity contribution in [3.63, 3.8) is 0 Å². The van der Waals surface area contributed by atoms with Crippen LogP contribution in [-0.4, -0.2) is 41.1 Å². The third kappa shape index (κ3) is 6.08. The topological polar surface area (TPSA) is 113 Å². The number of nitrogens with two attached hydrogens (primary N) is 1. The number of aliphatic hydroxyl groups excluding tert-OH is 2. The summed E-state index contributed by atoms with van der Waals surface area (Å²) in [4.78, 5) is 23.6. The zero-order valence-electron chi connectivity index (χ0n) is 15.1. The maximum atomic E-state index is 12.1. The minimum absolute atomic E-state index is 0.00778. The summed E-state index contributed by atoms with van der Waals surface area (Å²) in [7, 11) is 0. The Kier molecular flexibility index (Phi) is 7.95. The van der Waals surface area contributed by atoms with Gasteiger partial charge in [0.15, 0.2) is 5.78 Å². The molecule has 2 aromatic rings. The van der Waals surface area contributed by atoms with Gasteiger partial charge in [0, 0.05) is 23.2 Å². The van der Waals surface area contributed by atoms with Crippen molar-refractivity contribution < 1.29 is 19.8 Å². The summed E-state index contributed by atoms with van der Waals surface area (Å²) < 4.78 is 0. The molecular weight excluding hydrogens is 356 g/mol. The van der Waals surface area contributed by atoms with E-state index < -0.39 is 24.3 Å². The summed E-state index contributed by atoms with van der Waals surface area (Å²) in [6, 6.07) is 12.8. The molecule has 0 bridgehead atoms. The quantitative estimate of drug-likeness (QED) is 0.538. The standard InChI is InChI=1S/C22H20N2O4/c23-13-20(21(27)15-26)24-22(28)19-11-9-17(10-12-19)4-2-1-3-16-5-7-18(14-25)8-6-16/h5-12,20,25-26H,13-15,23H2,(H,24,28)/t20-/m0/s1. The van der Waals surface area contributed by atoms with Gasteiger partial charge in [0.1, 0.15) is 12.6 Å². The molecule has 1 atom stereocenters. The second-order valence-electron chi connectivity index (χ2n) is 5.82. The minimum Gasteiger partial charge on any atom is -0.392 e. The fourth-order valence-electron chi connectivity index (χ4n) is 2.23. The van der Waals surface area contributed by atoms with E-state index in [2.05, 4.69) is 29.0 Å². The molecule has 0 fully saturated rings. The predicted molar refractivity (Wildman–Crippen MR) is 105 cm³/mol. The highest BCUT2D eigenvalue weighted by Gasteiger charge is 2.18. The van der Waals surface area contributed by atoms with Crippen molar-refractivity contribution in [3.8, 4) is 23.7 Å². The molecule has 0 radical (unpaired) electrons. The first-order valence-electron chi connectivity index (χ1n) is 8.53. The average Bonchev–Trinajstić information content (AvgIpc) is 2.75. The van der Waals surface area contributed by atoms with Gasteiger partial charge in [-0.15, -0.1) is 0 Å². The van der Waals surface area contributed by atoms with Crippen molar-refractivity contribution in [2.75, 3.05) is 13.2 Å². The Balaban J connectivity index is 1.99. The fourth-order valence-corrected chi connectivity index (χ4v) is 2.23. The first-order valence-corrected chi connectivity index (χ1v) is 8.53. The summed E-state index contributed by atoms with van der Waals surface area (Å²) in [5.74, 6) is 10.3. The van der Waals surface area contributed by atoms with Gasteiger partial charge in [-0.2, -0.15) is 0 Å². The maximum absolute atomic E-state index is 12.1. The summed E-state index contributed by atoms with van der Waals surface area (Å²) in [6.45, 7) is -0.772. The van der Waals surface area contributed by atoms with Crippen molar-refractivity contribution in [2.45, 2.75) is 12.6 Å². The summed E-state index contributed by atoms with van der Waals surface area (Å²) >= 11 is 0. The van der Waals surface area contributed by atoms with Crippen LogP contribution in [0.15, 0.2) is 48.5 Å². The molecule has 0 aliphatic heterocycles. The molecule has 142 valence electrons. The third-order valence-corrected chi connectivity index (χ3v) is 3.85. The molecule has 0 saturated heterocycles. The van der Waals surface area contributed by atoms with E-state index in [1.807, 2.05) is 12.1 Å². The van der Waals surface area contributed by atoms with Gasteiger partial charge in [-0.1, -0.05) is 24.0 Å². The van der Waals surface area contributed by atoms with Gasteiger partial charge in [0.25, 0.3) is 5.91 Å². The van der Waals surface area contributed by atoms with Crippen LogP contribution in [0, 0.1) is 23.7 Å². The van der Waals surface area contributed by atoms with E-state index in [4.69, 9.17) is 15.9 Å². The molecule has 2 rings (SSSR count). The molecule has 0 unspecified atom stereocenters. The van der Waals surface area contributed by atoms with Crippen LogP contribution >= 0.6 is 0 Å². The fraction of sp³-hybridized carbons (Fsp3) is 0.182. The number of carbonyl (C=O) groups excluding carboxylic acids is 2. The van der Waals surface area contributed by atoms with E-state index in [-0.39, 0.29) is 13.2 Å². The van der Waals surface area contributed by atoms with Crippen LogP contribution in [0.1, 0.15) is 27.0 Å². The van der Waals surface area contributed by atoms with Gasteiger partial charge >= 0.3 is 0 Å². The molecule has 0 aliphatic rings. The van der Waals surface area contributed by atoms with Crippen molar-refractivity contribution >= 4 is 11.7 Å². The monoisotopic (exact) mass is 376 g/mol. The average molecular weight is 376 g/mol. The number of hydrogen-bond donors (Lipinski definition) is 4. The number of benzene rings is 2. The summed E-state index contributed by atoms with van der Waals surface area (Å²) in [5, 5.41) is 20.3. The molecule has 6 nitrogen and oxygen atoms in total. The van der Waals surface area contributed by atoms with Crippen LogP contribution in [0.25, 0.3) is 0 Å². The lowest BCUT2D eigenvalue weighted by Gasteiger charge is -2.14. The van der Waals surface area contributed by atoms with Crippen LogP contribution < -0.4 is 11.1 Å². The Hall–Kier alpha value is -3.42. The van der Waals surface area contributed by atoms with E-state index in [0.29, 0.717) is 11.1 Å². The van der Waals surface area contributed by atoms with Crippen molar-refractivity contribution in [1.82, 2.24) is 5.32 Å². The highest BCUT2D eigenvalue weighted by molar-refractivity contribution is 5.98. The maximum Gasteiger partial charge on any atom is 0.251 e. The molecule has 28 heavy (non-hydrogen) atoms. The Morgan fingerprint density at radius 1 is 0.929 bits per heavy atom. The molecule has 0 aromatic heterocycles. The zero-order chi connectivity index (χ0) is 20.4. The normalized spacial score (nSPS) is 10.7. The molecule has 0 spiro atoms. The van der Waals surface area contributed by atoms with Gasteiger partial charge in [0.2, 0.25) is 0 Å². The van der Waals surface area contributed by atoms with Gasteiger partial charge in [0.05, 0.1) is 6.61 Å². The predicted octanol–water partition coefficient (Wildman–Crippen LogP) is 0.201. The third-order valence-electron chi connectivity index (χ3n) is 3.85. The number of ketones is 1. The minimum atomic E-state index is -0.918. The van der Waals surface area contributed by atoms with Crippen molar-refractivity contribution in [1.29, 1.82) is 0 Å². The number of amides is 1. The second-order valence-corrected chi connectivity index (χ2v) is 5.82. The largest absolute Gasteiger partial charge is 0.392 e. The molecule has 0 heterocycles. The number of aliphatic hydroxyl groups is 2. The Bertz CT molecular complexity index is 943. The van der Waals surface area contributed by atoms with E-state index in [1.54, 1.807) is 36.4 Å². The second kappa shape index (κ2) is 10.7. The number of Topliss-reactive ketones (excluding diaryl/α,β-unsaturated/α-hetero) is 1. The van der Waals surface area contributed by atoms with Crippen molar-refractivity contribution in [2.24, 2.45) is 5.73 Å². The van der Waals surface area contributed by atoms with Gasteiger partial charge in [-0.25, -0.2) is 0 Å². The Labute approximate surface area is 163 Å². The van der Waals surface area contributed by atoms with Crippen LogP contribution in [0.2, 0.25) is 0 Å². The first-order chi connectivity index (χ1) is 13.6. The molecule has 5 N–H and O–H groups in total. The summed E-state index contributed by atoms with van der Waals surface area (Å²) in [6.07, 6.45) is 0. The van der Waals surface area contributed by atoms with Crippen molar-refractivity contribution in [3.05, 3.63) is 70.8 Å². The number of rotatable bonds is 6. The molecule has 2 aromatic carbocycles. The Morgan fingerprint density at radius 2 is 1.46 bits per heavy atom. The van der Waals surface area contributed by atoms with E-state index in [0.717, 1.165) is 11.1 Å². The lowest BCUT2D eigenvalue weighted by atomic mass is 10.1. The molecule has 0 saturated carbocycles. The Morgan fingerprint density at radius 3 is 1.93 bits per heavy atom. The van der Waals surface area contributed by atoms with Gasteiger partial charge in [-0.3, -0.25) is 9.59 Å². The number of nitrogens with one attached hydrogen (secondary N) is 1. The molecule has 6 heteroatoms. The van der Waals surface area contributed by atoms with Crippen LogP contribution in [0.4, 0.5) is 0 Å². The van der Waals surface area contributed by atoms with E-state index >= 15 is 0 Å². The first kappa shape index (κ1) is 20.9. The van der Waals surface area contributed by atoms with E-state index in [9.17, 15) is 9.59 Å². The van der Waals surface area contributed by atoms with Gasteiger partial charge in [-0.05, 0) is 53.8 Å².